The van der Waals surface area contributed by atoms with Crippen molar-refractivity contribution in [3.63, 3.8) is 0 Å². The minimum absolute atomic E-state index is 0.161. The van der Waals surface area contributed by atoms with E-state index in [1.54, 1.807) is 12.1 Å². The van der Waals surface area contributed by atoms with Gasteiger partial charge in [-0.3, -0.25) is 4.79 Å². The van der Waals surface area contributed by atoms with Crippen LogP contribution in [0.25, 0.3) is 11.1 Å². The van der Waals surface area contributed by atoms with Gasteiger partial charge in [0.2, 0.25) is 0 Å². The molecule has 0 saturated heterocycles. The van der Waals surface area contributed by atoms with Crippen LogP contribution in [0.3, 0.4) is 0 Å². The van der Waals surface area contributed by atoms with Crippen molar-refractivity contribution in [2.45, 2.75) is 12.8 Å². The van der Waals surface area contributed by atoms with Crippen molar-refractivity contribution in [1.82, 2.24) is 0 Å². The Morgan fingerprint density at radius 1 is 1.09 bits per heavy atom. The maximum absolute atomic E-state index is 12.5. The molecule has 0 heterocycles. The summed E-state index contributed by atoms with van der Waals surface area (Å²) in [5, 5.41) is 8.86. The first-order chi connectivity index (χ1) is 10.8. The molecule has 0 aromatic heterocycles. The number of benzene rings is 2. The lowest BCUT2D eigenvalue weighted by Gasteiger charge is -2.16. The molecule has 0 aliphatic heterocycles. The minimum atomic E-state index is -4.83. The number of halogens is 3. The van der Waals surface area contributed by atoms with Crippen molar-refractivity contribution in [1.29, 1.82) is 0 Å². The molecule has 2 aromatic carbocycles. The minimum Gasteiger partial charge on any atom is -0.496 e. The van der Waals surface area contributed by atoms with Gasteiger partial charge in [-0.25, -0.2) is 0 Å². The molecular formula is C16H13F3O4. The van der Waals surface area contributed by atoms with E-state index in [-0.39, 0.29) is 17.7 Å². The topological polar surface area (TPSA) is 55.8 Å². The van der Waals surface area contributed by atoms with Crippen LogP contribution in [-0.4, -0.2) is 24.5 Å². The molecule has 0 amide bonds. The number of alkyl halides is 3. The molecule has 0 aliphatic carbocycles. The Morgan fingerprint density at radius 3 is 2.39 bits per heavy atom. The highest BCUT2D eigenvalue weighted by molar-refractivity contribution is 5.78. The fraction of sp³-hybridized carbons (Fsp3) is 0.188. The largest absolute Gasteiger partial charge is 0.573 e. The van der Waals surface area contributed by atoms with E-state index in [2.05, 4.69) is 4.74 Å². The molecule has 122 valence electrons. The van der Waals surface area contributed by atoms with Crippen molar-refractivity contribution in [2.24, 2.45) is 0 Å². The summed E-state index contributed by atoms with van der Waals surface area (Å²) >= 11 is 0. The molecule has 0 unspecified atom stereocenters. The van der Waals surface area contributed by atoms with Crippen LogP contribution in [0, 0.1) is 0 Å². The monoisotopic (exact) mass is 326 g/mol. The molecule has 7 heteroatoms. The second kappa shape index (κ2) is 6.60. The molecule has 4 nitrogen and oxygen atoms in total. The first-order valence-electron chi connectivity index (χ1n) is 6.54. The van der Waals surface area contributed by atoms with Gasteiger partial charge >= 0.3 is 12.3 Å². The average molecular weight is 326 g/mol. The molecule has 0 bridgehead atoms. The Hall–Kier alpha value is -2.70. The lowest BCUT2D eigenvalue weighted by molar-refractivity contribution is -0.274. The molecular weight excluding hydrogens is 313 g/mol. The predicted molar refractivity (Wildman–Crippen MR) is 76.5 cm³/mol. The van der Waals surface area contributed by atoms with Gasteiger partial charge in [0.05, 0.1) is 13.5 Å². The van der Waals surface area contributed by atoms with Crippen LogP contribution in [0.15, 0.2) is 42.5 Å². The third-order valence-electron chi connectivity index (χ3n) is 3.02. The average Bonchev–Trinajstić information content (AvgIpc) is 2.45. The van der Waals surface area contributed by atoms with Gasteiger partial charge in [0.25, 0.3) is 0 Å². The van der Waals surface area contributed by atoms with Crippen LogP contribution < -0.4 is 9.47 Å². The van der Waals surface area contributed by atoms with E-state index in [4.69, 9.17) is 9.84 Å². The van der Waals surface area contributed by atoms with Crippen molar-refractivity contribution >= 4 is 5.97 Å². The van der Waals surface area contributed by atoms with Crippen LogP contribution in [-0.2, 0) is 11.2 Å². The summed E-state index contributed by atoms with van der Waals surface area (Å²) in [7, 11) is 1.38. The third kappa shape index (κ3) is 4.38. The maximum Gasteiger partial charge on any atom is 0.573 e. The van der Waals surface area contributed by atoms with Crippen molar-refractivity contribution in [3.8, 4) is 22.6 Å². The van der Waals surface area contributed by atoms with E-state index in [0.29, 0.717) is 16.9 Å². The van der Waals surface area contributed by atoms with Crippen LogP contribution >= 0.6 is 0 Å². The highest BCUT2D eigenvalue weighted by Crippen LogP contribution is 2.39. The summed E-state index contributed by atoms with van der Waals surface area (Å²) in [6.45, 7) is 0. The maximum atomic E-state index is 12.5. The van der Waals surface area contributed by atoms with Gasteiger partial charge in [-0.15, -0.1) is 13.2 Å². The number of para-hydroxylation sites is 1. The summed E-state index contributed by atoms with van der Waals surface area (Å²) in [4.78, 5) is 10.8. The molecule has 0 fully saturated rings. The highest BCUT2D eigenvalue weighted by atomic mass is 19.4. The number of ether oxygens (including phenoxy) is 2. The number of methoxy groups -OCH3 is 1. The van der Waals surface area contributed by atoms with Crippen molar-refractivity contribution in [2.75, 3.05) is 7.11 Å². The Morgan fingerprint density at radius 2 is 1.78 bits per heavy atom. The fourth-order valence-corrected chi connectivity index (χ4v) is 2.15. The normalized spacial score (nSPS) is 11.1. The van der Waals surface area contributed by atoms with Gasteiger partial charge in [0, 0.05) is 11.1 Å². The number of carboxylic acid groups (broad SMARTS) is 1. The summed E-state index contributed by atoms with van der Waals surface area (Å²) in [6.07, 6.45) is -5.08. The molecule has 0 atom stereocenters. The number of aliphatic carboxylic acids is 1. The quantitative estimate of drug-likeness (QED) is 0.906. The second-order valence-electron chi connectivity index (χ2n) is 4.65. The summed E-state index contributed by atoms with van der Waals surface area (Å²) in [6, 6.07) is 10.1. The zero-order valence-corrected chi connectivity index (χ0v) is 12.1. The van der Waals surface area contributed by atoms with Gasteiger partial charge in [-0.1, -0.05) is 24.3 Å². The summed E-state index contributed by atoms with van der Waals surface area (Å²) in [5.74, 6) is -1.11. The zero-order chi connectivity index (χ0) is 17.0. The molecule has 0 radical (unpaired) electrons. The lowest BCUT2D eigenvalue weighted by atomic mass is 9.99. The second-order valence-corrected chi connectivity index (χ2v) is 4.65. The van der Waals surface area contributed by atoms with Crippen molar-refractivity contribution in [3.05, 3.63) is 48.0 Å². The number of hydrogen-bond donors (Lipinski definition) is 1. The zero-order valence-electron chi connectivity index (χ0n) is 12.1. The van der Waals surface area contributed by atoms with Crippen LogP contribution in [0.4, 0.5) is 13.2 Å². The molecule has 2 rings (SSSR count). The number of hydrogen-bond acceptors (Lipinski definition) is 3. The lowest BCUT2D eigenvalue weighted by Crippen LogP contribution is -2.17. The third-order valence-corrected chi connectivity index (χ3v) is 3.02. The van der Waals surface area contributed by atoms with E-state index in [1.807, 2.05) is 0 Å². The summed E-state index contributed by atoms with van der Waals surface area (Å²) in [5.41, 5.74) is 0.926. The predicted octanol–water partition coefficient (Wildman–Crippen LogP) is 3.89. The Labute approximate surface area is 130 Å². The van der Waals surface area contributed by atoms with E-state index in [9.17, 15) is 18.0 Å². The van der Waals surface area contributed by atoms with Crippen LogP contribution in [0.5, 0.6) is 11.5 Å². The molecule has 1 N–H and O–H groups in total. The highest BCUT2D eigenvalue weighted by Gasteiger charge is 2.32. The first-order valence-corrected chi connectivity index (χ1v) is 6.54. The van der Waals surface area contributed by atoms with E-state index < -0.39 is 12.3 Å². The van der Waals surface area contributed by atoms with E-state index >= 15 is 0 Å². The fourth-order valence-electron chi connectivity index (χ4n) is 2.15. The van der Waals surface area contributed by atoms with Gasteiger partial charge < -0.3 is 14.6 Å². The van der Waals surface area contributed by atoms with Gasteiger partial charge in [-0.2, -0.15) is 0 Å². The SMILES string of the molecule is COc1ccc(CC(=O)O)cc1-c1ccccc1OC(F)(F)F. The molecule has 2 aromatic rings. The number of rotatable bonds is 5. The Balaban J connectivity index is 2.54. The Kier molecular flexibility index (Phi) is 4.78. The van der Waals surface area contributed by atoms with E-state index in [0.717, 1.165) is 0 Å². The van der Waals surface area contributed by atoms with Crippen LogP contribution in [0.1, 0.15) is 5.56 Å². The molecule has 0 aliphatic rings. The summed E-state index contributed by atoms with van der Waals surface area (Å²) < 4.78 is 46.8. The number of carboxylic acids is 1. The first kappa shape index (κ1) is 16.7. The standard InChI is InChI=1S/C16H13F3O4/c1-22-13-7-6-10(9-15(20)21)8-12(13)11-4-2-3-5-14(11)23-16(17,18)19/h2-8H,9H2,1H3,(H,20,21). The molecule has 23 heavy (non-hydrogen) atoms. The van der Waals surface area contributed by atoms with Crippen LogP contribution in [0.2, 0.25) is 0 Å². The van der Waals surface area contributed by atoms with Gasteiger partial charge in [0.15, 0.2) is 0 Å². The Bertz CT molecular complexity index is 711. The van der Waals surface area contributed by atoms with Gasteiger partial charge in [0.1, 0.15) is 11.5 Å². The molecule has 0 saturated carbocycles. The smallest absolute Gasteiger partial charge is 0.496 e. The molecule has 0 spiro atoms. The number of carbonyl (C=O) groups is 1. The van der Waals surface area contributed by atoms with E-state index in [1.165, 1.54) is 37.4 Å². The van der Waals surface area contributed by atoms with Gasteiger partial charge in [-0.05, 0) is 23.8 Å². The van der Waals surface area contributed by atoms with Crippen molar-refractivity contribution < 1.29 is 32.5 Å².